The molecule has 0 atom stereocenters. The zero-order chi connectivity index (χ0) is 14.6. The van der Waals surface area contributed by atoms with Crippen molar-refractivity contribution in [2.75, 3.05) is 0 Å². The average Bonchev–Trinajstić information content (AvgIpc) is 2.75. The summed E-state index contributed by atoms with van der Waals surface area (Å²) in [7, 11) is 0. The van der Waals surface area contributed by atoms with Crippen LogP contribution in [-0.4, -0.2) is 9.78 Å². The highest BCUT2D eigenvalue weighted by atomic mass is 79.9. The van der Waals surface area contributed by atoms with Gasteiger partial charge in [-0.25, -0.2) is 4.68 Å². The third kappa shape index (κ3) is 3.94. The van der Waals surface area contributed by atoms with E-state index in [0.717, 1.165) is 10.5 Å². The molecule has 2 aromatic rings. The van der Waals surface area contributed by atoms with Crippen LogP contribution in [0.1, 0.15) is 19.5 Å². The zero-order valence-electron chi connectivity index (χ0n) is 10.3. The number of benzene rings is 1. The SMILES string of the molecule is CC.FC(F)(F)c1cc(=S)n(-c2ccc(Br)cc2)[nH]1. The molecule has 0 saturated carbocycles. The minimum Gasteiger partial charge on any atom is -0.288 e. The molecule has 0 radical (unpaired) electrons. The summed E-state index contributed by atoms with van der Waals surface area (Å²) in [5, 5.41) is 2.23. The monoisotopic (exact) mass is 352 g/mol. The summed E-state index contributed by atoms with van der Waals surface area (Å²) in [5.41, 5.74) is -0.306. The van der Waals surface area contributed by atoms with Gasteiger partial charge in [-0.05, 0) is 24.3 Å². The summed E-state index contributed by atoms with van der Waals surface area (Å²) >= 11 is 8.12. The maximum absolute atomic E-state index is 12.5. The van der Waals surface area contributed by atoms with E-state index in [4.69, 9.17) is 12.2 Å². The summed E-state index contributed by atoms with van der Waals surface area (Å²) in [4.78, 5) is 0. The molecule has 1 heterocycles. The first kappa shape index (κ1) is 16.0. The van der Waals surface area contributed by atoms with Crippen molar-refractivity contribution < 1.29 is 13.2 Å². The van der Waals surface area contributed by atoms with Gasteiger partial charge in [0, 0.05) is 10.5 Å². The molecule has 1 N–H and O–H groups in total. The lowest BCUT2D eigenvalue weighted by atomic mass is 10.3. The standard InChI is InChI=1S/C10H6BrF3N2S.C2H6/c11-6-1-3-7(4-2-6)16-9(17)5-8(15-16)10(12,13)14;1-2/h1-5,15H;1-2H3. The Balaban J connectivity index is 0.000000861. The third-order valence-corrected chi connectivity index (χ3v) is 2.94. The maximum atomic E-state index is 12.5. The second-order valence-corrected chi connectivity index (χ2v) is 4.65. The topological polar surface area (TPSA) is 20.7 Å². The second kappa shape index (κ2) is 6.38. The number of halogens is 4. The van der Waals surface area contributed by atoms with E-state index < -0.39 is 11.9 Å². The van der Waals surface area contributed by atoms with E-state index in [1.165, 1.54) is 4.68 Å². The van der Waals surface area contributed by atoms with E-state index in [-0.39, 0.29) is 4.64 Å². The van der Waals surface area contributed by atoms with Gasteiger partial charge in [0.05, 0.1) is 5.69 Å². The van der Waals surface area contributed by atoms with Crippen LogP contribution in [-0.2, 0) is 6.18 Å². The normalized spacial score (nSPS) is 10.8. The van der Waals surface area contributed by atoms with E-state index in [1.54, 1.807) is 24.3 Å². The summed E-state index contributed by atoms with van der Waals surface area (Å²) in [6, 6.07) is 7.68. The minimum atomic E-state index is -4.42. The predicted molar refractivity (Wildman–Crippen MR) is 75.0 cm³/mol. The number of hydrogen-bond donors (Lipinski definition) is 1. The predicted octanol–water partition coefficient (Wildman–Crippen LogP) is 5.34. The van der Waals surface area contributed by atoms with Crippen LogP contribution < -0.4 is 0 Å². The smallest absolute Gasteiger partial charge is 0.288 e. The first-order chi connectivity index (χ1) is 8.88. The minimum absolute atomic E-state index is 0.0830. The van der Waals surface area contributed by atoms with Gasteiger partial charge in [0.2, 0.25) is 0 Å². The summed E-state index contributed by atoms with van der Waals surface area (Å²) in [6.45, 7) is 4.00. The Labute approximate surface area is 122 Å². The lowest BCUT2D eigenvalue weighted by Gasteiger charge is -2.05. The van der Waals surface area contributed by atoms with Crippen LogP contribution in [0.15, 0.2) is 34.8 Å². The first-order valence-electron chi connectivity index (χ1n) is 5.53. The number of H-pyrrole nitrogens is 1. The third-order valence-electron chi connectivity index (χ3n) is 2.11. The molecule has 19 heavy (non-hydrogen) atoms. The molecular weight excluding hydrogens is 341 g/mol. The van der Waals surface area contributed by atoms with Crippen molar-refractivity contribution in [3.8, 4) is 5.69 Å². The lowest BCUT2D eigenvalue weighted by molar-refractivity contribution is -0.141. The van der Waals surface area contributed by atoms with E-state index in [9.17, 15) is 13.2 Å². The summed E-state index contributed by atoms with van der Waals surface area (Å²) < 4.78 is 39.5. The molecule has 104 valence electrons. The molecule has 1 aromatic heterocycles. The lowest BCUT2D eigenvalue weighted by Crippen LogP contribution is -2.07. The van der Waals surface area contributed by atoms with E-state index in [0.29, 0.717) is 5.69 Å². The van der Waals surface area contributed by atoms with Crippen LogP contribution in [0.2, 0.25) is 0 Å². The molecule has 0 aliphatic carbocycles. The number of alkyl halides is 3. The van der Waals surface area contributed by atoms with Gasteiger partial charge in [-0.1, -0.05) is 42.0 Å². The quantitative estimate of drug-likeness (QED) is 0.686. The number of nitrogens with zero attached hydrogens (tertiary/aromatic N) is 1. The number of hydrogen-bond acceptors (Lipinski definition) is 1. The van der Waals surface area contributed by atoms with Gasteiger partial charge in [-0.3, -0.25) is 5.10 Å². The first-order valence-corrected chi connectivity index (χ1v) is 6.73. The van der Waals surface area contributed by atoms with E-state index in [1.807, 2.05) is 13.8 Å². The Bertz CT molecular complexity index is 584. The molecule has 2 nitrogen and oxygen atoms in total. The number of aromatic nitrogens is 2. The highest BCUT2D eigenvalue weighted by Gasteiger charge is 2.33. The molecule has 1 aromatic carbocycles. The molecule has 0 fully saturated rings. The van der Waals surface area contributed by atoms with Crippen molar-refractivity contribution in [1.29, 1.82) is 0 Å². The molecule has 0 aliphatic rings. The highest BCUT2D eigenvalue weighted by Crippen LogP contribution is 2.28. The van der Waals surface area contributed by atoms with E-state index in [2.05, 4.69) is 21.0 Å². The zero-order valence-corrected chi connectivity index (χ0v) is 12.7. The second-order valence-electron chi connectivity index (χ2n) is 3.32. The number of nitrogens with one attached hydrogen (secondary N) is 1. The molecule has 7 heteroatoms. The van der Waals surface area contributed by atoms with Crippen LogP contribution >= 0.6 is 28.1 Å². The highest BCUT2D eigenvalue weighted by molar-refractivity contribution is 9.10. The van der Waals surface area contributed by atoms with Gasteiger partial charge < -0.3 is 0 Å². The van der Waals surface area contributed by atoms with E-state index >= 15 is 0 Å². The van der Waals surface area contributed by atoms with Crippen LogP contribution in [0.4, 0.5) is 13.2 Å². The van der Waals surface area contributed by atoms with Gasteiger partial charge in [-0.2, -0.15) is 13.2 Å². The largest absolute Gasteiger partial charge is 0.432 e. The van der Waals surface area contributed by atoms with Gasteiger partial charge in [0.1, 0.15) is 10.3 Å². The Morgan fingerprint density at radius 2 is 1.68 bits per heavy atom. The van der Waals surface area contributed by atoms with Crippen molar-refractivity contribution >= 4 is 28.1 Å². The van der Waals surface area contributed by atoms with Crippen molar-refractivity contribution in [3.05, 3.63) is 45.1 Å². The van der Waals surface area contributed by atoms with Gasteiger partial charge in [0.25, 0.3) is 0 Å². The molecule has 0 amide bonds. The molecular formula is C12H12BrF3N2S. The average molecular weight is 353 g/mol. The van der Waals surface area contributed by atoms with Crippen molar-refractivity contribution in [3.63, 3.8) is 0 Å². The van der Waals surface area contributed by atoms with Crippen LogP contribution in [0.25, 0.3) is 5.69 Å². The fraction of sp³-hybridized carbons (Fsp3) is 0.250. The van der Waals surface area contributed by atoms with Gasteiger partial charge in [0.15, 0.2) is 0 Å². The van der Waals surface area contributed by atoms with Crippen molar-refractivity contribution in [2.24, 2.45) is 0 Å². The van der Waals surface area contributed by atoms with Crippen molar-refractivity contribution in [2.45, 2.75) is 20.0 Å². The van der Waals surface area contributed by atoms with Crippen LogP contribution in [0, 0.1) is 4.64 Å². The van der Waals surface area contributed by atoms with Crippen molar-refractivity contribution in [1.82, 2.24) is 9.78 Å². The molecule has 0 aliphatic heterocycles. The molecule has 0 bridgehead atoms. The Kier molecular flexibility index (Phi) is 5.37. The van der Waals surface area contributed by atoms with Crippen LogP contribution in [0.5, 0.6) is 0 Å². The van der Waals surface area contributed by atoms with Gasteiger partial charge >= 0.3 is 6.18 Å². The molecule has 0 unspecified atom stereocenters. The molecule has 2 rings (SSSR count). The van der Waals surface area contributed by atoms with Crippen LogP contribution in [0.3, 0.4) is 0 Å². The Morgan fingerprint density at radius 3 is 2.11 bits per heavy atom. The molecule has 0 spiro atoms. The Hall–Kier alpha value is -1.08. The number of rotatable bonds is 1. The molecule has 0 saturated heterocycles. The fourth-order valence-electron chi connectivity index (χ4n) is 1.32. The maximum Gasteiger partial charge on any atom is 0.432 e. The summed E-state index contributed by atoms with van der Waals surface area (Å²) in [6.07, 6.45) is -4.42. The Morgan fingerprint density at radius 1 is 1.16 bits per heavy atom. The summed E-state index contributed by atoms with van der Waals surface area (Å²) in [5.74, 6) is 0. The van der Waals surface area contributed by atoms with Gasteiger partial charge in [-0.15, -0.1) is 0 Å². The fourth-order valence-corrected chi connectivity index (χ4v) is 1.86. The number of aromatic amines is 1.